The first-order valence-corrected chi connectivity index (χ1v) is 4.55. The molecule has 0 amide bonds. The molecule has 1 rings (SSSR count). The normalized spacial score (nSPS) is 12.5. The van der Waals surface area contributed by atoms with Crippen LogP contribution < -0.4 is 0 Å². The molecule has 0 aliphatic rings. The summed E-state index contributed by atoms with van der Waals surface area (Å²) in [6.45, 7) is 3.39. The fraction of sp³-hybridized carbons (Fsp3) is 0.364. The summed E-state index contributed by atoms with van der Waals surface area (Å²) in [4.78, 5) is 10.9. The van der Waals surface area contributed by atoms with Crippen LogP contribution in [-0.4, -0.2) is 11.1 Å². The van der Waals surface area contributed by atoms with E-state index in [1.807, 2.05) is 0 Å². The first-order chi connectivity index (χ1) is 6.57. The summed E-state index contributed by atoms with van der Waals surface area (Å²) >= 11 is 0. The van der Waals surface area contributed by atoms with Gasteiger partial charge in [0, 0.05) is 0 Å². The Morgan fingerprint density at radius 2 is 2.21 bits per heavy atom. The Hall–Kier alpha value is -1.38. The van der Waals surface area contributed by atoms with Crippen molar-refractivity contribution >= 4 is 5.97 Å². The monoisotopic (exact) mass is 196 g/mol. The van der Waals surface area contributed by atoms with Crippen LogP contribution in [-0.2, 0) is 4.79 Å². The molecule has 1 aromatic carbocycles. The van der Waals surface area contributed by atoms with Crippen LogP contribution in [0.25, 0.3) is 0 Å². The number of rotatable bonds is 3. The fourth-order valence-corrected chi connectivity index (χ4v) is 1.53. The number of aliphatic carboxylic acids is 1. The number of hydrogen-bond donors (Lipinski definition) is 1. The van der Waals surface area contributed by atoms with Crippen molar-refractivity contribution in [1.29, 1.82) is 0 Å². The van der Waals surface area contributed by atoms with Crippen molar-refractivity contribution < 1.29 is 14.3 Å². The molecule has 0 saturated carbocycles. The van der Waals surface area contributed by atoms with Crippen LogP contribution in [0.1, 0.15) is 30.4 Å². The second-order valence-corrected chi connectivity index (χ2v) is 3.25. The molecule has 2 nitrogen and oxygen atoms in total. The van der Waals surface area contributed by atoms with Crippen LogP contribution in [0.4, 0.5) is 4.39 Å². The number of carboxylic acid groups (broad SMARTS) is 1. The lowest BCUT2D eigenvalue weighted by atomic mass is 9.92. The molecule has 0 aliphatic heterocycles. The van der Waals surface area contributed by atoms with E-state index in [-0.39, 0.29) is 5.82 Å². The third-order valence-electron chi connectivity index (χ3n) is 2.39. The lowest BCUT2D eigenvalue weighted by Crippen LogP contribution is -2.12. The summed E-state index contributed by atoms with van der Waals surface area (Å²) < 4.78 is 13.1. The topological polar surface area (TPSA) is 37.3 Å². The molecule has 76 valence electrons. The molecule has 0 aliphatic carbocycles. The predicted molar refractivity (Wildman–Crippen MR) is 51.8 cm³/mol. The van der Waals surface area contributed by atoms with Gasteiger partial charge < -0.3 is 5.11 Å². The minimum absolute atomic E-state index is 0.345. The highest BCUT2D eigenvalue weighted by Crippen LogP contribution is 2.24. The molecule has 14 heavy (non-hydrogen) atoms. The Morgan fingerprint density at radius 1 is 1.57 bits per heavy atom. The summed E-state index contributed by atoms with van der Waals surface area (Å²) in [5.41, 5.74) is 1.00. The van der Waals surface area contributed by atoms with Gasteiger partial charge in [0.2, 0.25) is 0 Å². The van der Waals surface area contributed by atoms with Gasteiger partial charge in [-0.2, -0.15) is 0 Å². The number of carbonyl (C=O) groups is 1. The Bertz CT molecular complexity index is 347. The van der Waals surface area contributed by atoms with E-state index in [4.69, 9.17) is 5.11 Å². The maximum atomic E-state index is 13.1. The molecule has 1 unspecified atom stereocenters. The molecule has 0 bridgehead atoms. The molecule has 1 aromatic rings. The first kappa shape index (κ1) is 10.7. The van der Waals surface area contributed by atoms with E-state index in [1.165, 1.54) is 6.07 Å². The van der Waals surface area contributed by atoms with Crippen molar-refractivity contribution in [2.24, 2.45) is 0 Å². The molecule has 1 N–H and O–H groups in total. The number of hydrogen-bond acceptors (Lipinski definition) is 1. The van der Waals surface area contributed by atoms with Crippen LogP contribution in [0.2, 0.25) is 0 Å². The van der Waals surface area contributed by atoms with E-state index in [2.05, 4.69) is 0 Å². The van der Waals surface area contributed by atoms with Crippen molar-refractivity contribution in [2.75, 3.05) is 0 Å². The van der Waals surface area contributed by atoms with E-state index < -0.39 is 11.9 Å². The first-order valence-electron chi connectivity index (χ1n) is 4.55. The van der Waals surface area contributed by atoms with Gasteiger partial charge >= 0.3 is 5.97 Å². The quantitative estimate of drug-likeness (QED) is 0.807. The molecule has 0 saturated heterocycles. The maximum Gasteiger partial charge on any atom is 0.310 e. The molecular weight excluding hydrogens is 183 g/mol. The minimum Gasteiger partial charge on any atom is -0.481 e. The van der Waals surface area contributed by atoms with Crippen LogP contribution in [0, 0.1) is 12.7 Å². The molecule has 1 atom stereocenters. The van der Waals surface area contributed by atoms with E-state index in [0.717, 1.165) is 0 Å². The Kier molecular flexibility index (Phi) is 3.23. The molecule has 3 heteroatoms. The van der Waals surface area contributed by atoms with Crippen LogP contribution in [0.15, 0.2) is 18.2 Å². The van der Waals surface area contributed by atoms with Gasteiger partial charge in [0.05, 0.1) is 5.92 Å². The largest absolute Gasteiger partial charge is 0.481 e. The zero-order valence-electron chi connectivity index (χ0n) is 8.25. The SMILES string of the molecule is CCC(C(=O)O)c1cccc(F)c1C. The lowest BCUT2D eigenvalue weighted by Gasteiger charge is -2.13. The molecule has 0 radical (unpaired) electrons. The van der Waals surface area contributed by atoms with Gasteiger partial charge in [-0.05, 0) is 30.5 Å². The van der Waals surface area contributed by atoms with Gasteiger partial charge in [-0.15, -0.1) is 0 Å². The Balaban J connectivity index is 3.16. The highest BCUT2D eigenvalue weighted by molar-refractivity contribution is 5.76. The smallest absolute Gasteiger partial charge is 0.310 e. The highest BCUT2D eigenvalue weighted by atomic mass is 19.1. The zero-order valence-corrected chi connectivity index (χ0v) is 8.25. The Morgan fingerprint density at radius 3 is 2.71 bits per heavy atom. The molecule has 0 heterocycles. The summed E-state index contributed by atoms with van der Waals surface area (Å²) in [7, 11) is 0. The van der Waals surface area contributed by atoms with Gasteiger partial charge in [-0.3, -0.25) is 4.79 Å². The average molecular weight is 196 g/mol. The van der Waals surface area contributed by atoms with E-state index in [0.29, 0.717) is 17.5 Å². The number of halogens is 1. The average Bonchev–Trinajstić information content (AvgIpc) is 2.13. The Labute approximate surface area is 82.4 Å². The van der Waals surface area contributed by atoms with Crippen molar-refractivity contribution in [3.05, 3.63) is 35.1 Å². The third kappa shape index (κ3) is 1.92. The van der Waals surface area contributed by atoms with Crippen molar-refractivity contribution in [3.63, 3.8) is 0 Å². The predicted octanol–water partition coefficient (Wildman–Crippen LogP) is 2.71. The van der Waals surface area contributed by atoms with Gasteiger partial charge in [0.15, 0.2) is 0 Å². The van der Waals surface area contributed by atoms with Crippen LogP contribution in [0.5, 0.6) is 0 Å². The van der Waals surface area contributed by atoms with Crippen molar-refractivity contribution in [3.8, 4) is 0 Å². The maximum absolute atomic E-state index is 13.1. The van der Waals surface area contributed by atoms with Crippen LogP contribution in [0.3, 0.4) is 0 Å². The number of carboxylic acids is 1. The van der Waals surface area contributed by atoms with Gasteiger partial charge in [0.25, 0.3) is 0 Å². The number of benzene rings is 1. The van der Waals surface area contributed by atoms with Gasteiger partial charge in [-0.1, -0.05) is 19.1 Å². The third-order valence-corrected chi connectivity index (χ3v) is 2.39. The summed E-state index contributed by atoms with van der Waals surface area (Å²) in [5, 5.41) is 8.92. The molecule has 0 aromatic heterocycles. The minimum atomic E-state index is -0.902. The van der Waals surface area contributed by atoms with E-state index >= 15 is 0 Å². The summed E-state index contributed by atoms with van der Waals surface area (Å²) in [6.07, 6.45) is 0.472. The zero-order chi connectivity index (χ0) is 10.7. The van der Waals surface area contributed by atoms with Gasteiger partial charge in [0.1, 0.15) is 5.82 Å². The van der Waals surface area contributed by atoms with Crippen molar-refractivity contribution in [2.45, 2.75) is 26.2 Å². The second-order valence-electron chi connectivity index (χ2n) is 3.25. The second kappa shape index (κ2) is 4.22. The summed E-state index contributed by atoms with van der Waals surface area (Å²) in [5.74, 6) is -1.85. The van der Waals surface area contributed by atoms with Gasteiger partial charge in [-0.25, -0.2) is 4.39 Å². The molecule has 0 fully saturated rings. The highest BCUT2D eigenvalue weighted by Gasteiger charge is 2.20. The molecule has 0 spiro atoms. The fourth-order valence-electron chi connectivity index (χ4n) is 1.53. The lowest BCUT2D eigenvalue weighted by molar-refractivity contribution is -0.138. The van der Waals surface area contributed by atoms with Crippen molar-refractivity contribution in [1.82, 2.24) is 0 Å². The standard InChI is InChI=1S/C11H13FO2/c1-3-8(11(13)14)9-5-4-6-10(12)7(9)2/h4-6,8H,3H2,1-2H3,(H,13,14). The van der Waals surface area contributed by atoms with E-state index in [1.54, 1.807) is 26.0 Å². The van der Waals surface area contributed by atoms with E-state index in [9.17, 15) is 9.18 Å². The van der Waals surface area contributed by atoms with Crippen LogP contribution >= 0.6 is 0 Å². The summed E-state index contributed by atoms with van der Waals surface area (Å²) in [6, 6.07) is 4.55. The molecular formula is C11H13FO2.